The highest BCUT2D eigenvalue weighted by Gasteiger charge is 2.26. The van der Waals surface area contributed by atoms with Crippen LogP contribution < -0.4 is 0 Å². The van der Waals surface area contributed by atoms with Crippen LogP contribution in [0.1, 0.15) is 36.7 Å². The first-order chi connectivity index (χ1) is 10.1. The van der Waals surface area contributed by atoms with Crippen molar-refractivity contribution in [3.05, 3.63) is 41.2 Å². The first kappa shape index (κ1) is 14.2. The lowest BCUT2D eigenvalue weighted by Gasteiger charge is -2.10. The zero-order valence-electron chi connectivity index (χ0n) is 11.7. The average molecular weight is 305 g/mol. The molecule has 5 heteroatoms. The molecular weight excluding hydrogens is 289 g/mol. The minimum Gasteiger partial charge on any atom is -0.458 e. The van der Waals surface area contributed by atoms with Gasteiger partial charge in [0.15, 0.2) is 5.69 Å². The largest absolute Gasteiger partial charge is 0.458 e. The number of ether oxygens (including phenoxy) is 1. The molecule has 0 saturated heterocycles. The second-order valence-electron chi connectivity index (χ2n) is 5.49. The average Bonchev–Trinajstić information content (AvgIpc) is 3.09. The molecule has 1 aliphatic carbocycles. The Bertz CT molecular complexity index is 638. The number of hydrogen-bond acceptors (Lipinski definition) is 4. The van der Waals surface area contributed by atoms with Crippen LogP contribution >= 0.6 is 11.3 Å². The van der Waals surface area contributed by atoms with E-state index >= 15 is 0 Å². The van der Waals surface area contributed by atoms with E-state index in [2.05, 4.69) is 11.9 Å². The molecule has 1 aromatic heterocycles. The number of aromatic nitrogens is 1. The maximum Gasteiger partial charge on any atom is 0.358 e. The standard InChI is InChI=1S/C16H16FNO2S/c1-10-2-7-13(8-10)20-16(19)14-9-21-15(18-14)11-3-5-12(17)6-4-11/h3-6,9-10,13H,2,7-8H2,1H3. The normalized spacial score (nSPS) is 21.4. The number of hydrogen-bond donors (Lipinski definition) is 0. The number of thiazole rings is 1. The molecule has 1 fully saturated rings. The maximum absolute atomic E-state index is 12.9. The molecule has 1 aliphatic rings. The van der Waals surface area contributed by atoms with Crippen LogP contribution in [0.5, 0.6) is 0 Å². The van der Waals surface area contributed by atoms with E-state index < -0.39 is 0 Å². The quantitative estimate of drug-likeness (QED) is 0.794. The molecular formula is C16H16FNO2S. The van der Waals surface area contributed by atoms with Crippen molar-refractivity contribution < 1.29 is 13.9 Å². The van der Waals surface area contributed by atoms with Gasteiger partial charge in [-0.2, -0.15) is 0 Å². The van der Waals surface area contributed by atoms with E-state index in [9.17, 15) is 9.18 Å². The van der Waals surface area contributed by atoms with Gasteiger partial charge in [-0.15, -0.1) is 11.3 Å². The summed E-state index contributed by atoms with van der Waals surface area (Å²) in [4.78, 5) is 16.4. The lowest BCUT2D eigenvalue weighted by Crippen LogP contribution is -2.15. The fourth-order valence-corrected chi connectivity index (χ4v) is 3.36. The van der Waals surface area contributed by atoms with Gasteiger partial charge in [0.2, 0.25) is 0 Å². The van der Waals surface area contributed by atoms with Crippen LogP contribution in [-0.2, 0) is 4.74 Å². The van der Waals surface area contributed by atoms with Crippen molar-refractivity contribution in [1.29, 1.82) is 0 Å². The van der Waals surface area contributed by atoms with Crippen molar-refractivity contribution in [3.63, 3.8) is 0 Å². The summed E-state index contributed by atoms with van der Waals surface area (Å²) in [6.45, 7) is 2.17. The lowest BCUT2D eigenvalue weighted by atomic mass is 10.1. The van der Waals surface area contributed by atoms with Crippen molar-refractivity contribution in [2.24, 2.45) is 5.92 Å². The Labute approximate surface area is 126 Å². The van der Waals surface area contributed by atoms with Crippen molar-refractivity contribution >= 4 is 17.3 Å². The maximum atomic E-state index is 12.9. The highest BCUT2D eigenvalue weighted by Crippen LogP contribution is 2.29. The molecule has 110 valence electrons. The summed E-state index contributed by atoms with van der Waals surface area (Å²) >= 11 is 1.36. The smallest absolute Gasteiger partial charge is 0.358 e. The highest BCUT2D eigenvalue weighted by atomic mass is 32.1. The number of carbonyl (C=O) groups is 1. The SMILES string of the molecule is CC1CCC(OC(=O)c2csc(-c3ccc(F)cc3)n2)C1. The van der Waals surface area contributed by atoms with Crippen LogP contribution in [0.2, 0.25) is 0 Å². The Morgan fingerprint density at radius 3 is 2.76 bits per heavy atom. The Kier molecular flexibility index (Phi) is 4.01. The molecule has 1 aromatic carbocycles. The Morgan fingerprint density at radius 1 is 1.33 bits per heavy atom. The molecule has 1 heterocycles. The van der Waals surface area contributed by atoms with Gasteiger partial charge < -0.3 is 4.74 Å². The third kappa shape index (κ3) is 3.29. The van der Waals surface area contributed by atoms with Crippen molar-refractivity contribution in [2.45, 2.75) is 32.3 Å². The van der Waals surface area contributed by atoms with E-state index in [0.29, 0.717) is 16.6 Å². The van der Waals surface area contributed by atoms with Crippen LogP contribution in [0.25, 0.3) is 10.6 Å². The van der Waals surface area contributed by atoms with E-state index in [-0.39, 0.29) is 17.9 Å². The van der Waals surface area contributed by atoms with Gasteiger partial charge in [0.25, 0.3) is 0 Å². The summed E-state index contributed by atoms with van der Waals surface area (Å²) < 4.78 is 18.4. The highest BCUT2D eigenvalue weighted by molar-refractivity contribution is 7.13. The Hall–Kier alpha value is -1.75. The molecule has 0 bridgehead atoms. The Morgan fingerprint density at radius 2 is 2.10 bits per heavy atom. The number of nitrogens with zero attached hydrogens (tertiary/aromatic N) is 1. The van der Waals surface area contributed by atoms with Gasteiger partial charge in [0.1, 0.15) is 16.9 Å². The van der Waals surface area contributed by atoms with E-state index in [4.69, 9.17) is 4.74 Å². The topological polar surface area (TPSA) is 39.2 Å². The minimum atomic E-state index is -0.362. The zero-order valence-corrected chi connectivity index (χ0v) is 12.5. The third-order valence-corrected chi connectivity index (χ3v) is 4.62. The summed E-state index contributed by atoms with van der Waals surface area (Å²) in [5, 5.41) is 2.39. The van der Waals surface area contributed by atoms with E-state index in [1.165, 1.54) is 23.5 Å². The summed E-state index contributed by atoms with van der Waals surface area (Å²) in [7, 11) is 0. The monoisotopic (exact) mass is 305 g/mol. The molecule has 2 aromatic rings. The Balaban J connectivity index is 1.69. The molecule has 2 unspecified atom stereocenters. The number of esters is 1. The van der Waals surface area contributed by atoms with E-state index in [1.807, 2.05) is 0 Å². The van der Waals surface area contributed by atoms with Crippen molar-refractivity contribution in [3.8, 4) is 10.6 Å². The first-order valence-corrected chi connectivity index (χ1v) is 7.92. The second-order valence-corrected chi connectivity index (χ2v) is 6.35. The molecule has 0 radical (unpaired) electrons. The van der Waals surface area contributed by atoms with Crippen LogP contribution in [0, 0.1) is 11.7 Å². The van der Waals surface area contributed by atoms with Crippen LogP contribution in [0.15, 0.2) is 29.6 Å². The third-order valence-electron chi connectivity index (χ3n) is 3.72. The van der Waals surface area contributed by atoms with Gasteiger partial charge in [-0.3, -0.25) is 0 Å². The minimum absolute atomic E-state index is 0.0171. The van der Waals surface area contributed by atoms with Crippen LogP contribution in [0.3, 0.4) is 0 Å². The molecule has 3 rings (SSSR count). The molecule has 0 spiro atoms. The van der Waals surface area contributed by atoms with Gasteiger partial charge >= 0.3 is 5.97 Å². The van der Waals surface area contributed by atoms with E-state index in [1.54, 1.807) is 17.5 Å². The predicted octanol–water partition coefficient (Wildman–Crippen LogP) is 4.29. The summed E-state index contributed by atoms with van der Waals surface area (Å²) in [5.74, 6) is -0.0305. The summed E-state index contributed by atoms with van der Waals surface area (Å²) in [5.41, 5.74) is 1.13. The van der Waals surface area contributed by atoms with Gasteiger partial charge in [0.05, 0.1) is 0 Å². The number of benzene rings is 1. The van der Waals surface area contributed by atoms with Crippen molar-refractivity contribution in [2.75, 3.05) is 0 Å². The van der Waals surface area contributed by atoms with Crippen molar-refractivity contribution in [1.82, 2.24) is 4.98 Å². The molecule has 1 saturated carbocycles. The van der Waals surface area contributed by atoms with Gasteiger partial charge in [-0.1, -0.05) is 6.92 Å². The second kappa shape index (κ2) is 5.93. The molecule has 2 atom stereocenters. The van der Waals surface area contributed by atoms with Gasteiger partial charge in [0, 0.05) is 10.9 Å². The molecule has 0 amide bonds. The fraction of sp³-hybridized carbons (Fsp3) is 0.375. The number of rotatable bonds is 3. The van der Waals surface area contributed by atoms with E-state index in [0.717, 1.165) is 24.8 Å². The lowest BCUT2D eigenvalue weighted by molar-refractivity contribution is 0.0305. The zero-order chi connectivity index (χ0) is 14.8. The van der Waals surface area contributed by atoms with Crippen LogP contribution in [-0.4, -0.2) is 17.1 Å². The fourth-order valence-electron chi connectivity index (χ4n) is 2.57. The van der Waals surface area contributed by atoms with Gasteiger partial charge in [-0.05, 0) is 49.4 Å². The molecule has 21 heavy (non-hydrogen) atoms. The summed E-state index contributed by atoms with van der Waals surface area (Å²) in [6, 6.07) is 6.08. The van der Waals surface area contributed by atoms with Gasteiger partial charge in [-0.25, -0.2) is 14.2 Å². The molecule has 0 N–H and O–H groups in total. The predicted molar refractivity (Wildman–Crippen MR) is 79.7 cm³/mol. The molecule has 0 aliphatic heterocycles. The first-order valence-electron chi connectivity index (χ1n) is 7.04. The van der Waals surface area contributed by atoms with Crippen LogP contribution in [0.4, 0.5) is 4.39 Å². The summed E-state index contributed by atoms with van der Waals surface area (Å²) in [6.07, 6.45) is 2.99. The number of carbonyl (C=O) groups excluding carboxylic acids is 1. The molecule has 3 nitrogen and oxygen atoms in total. The number of halogens is 1.